The first kappa shape index (κ1) is 46.9. The third kappa shape index (κ3) is 14.8. The van der Waals surface area contributed by atoms with E-state index < -0.39 is 49.6 Å². The third-order valence-electron chi connectivity index (χ3n) is 9.71. The van der Waals surface area contributed by atoms with Gasteiger partial charge in [0.05, 0.1) is 27.0 Å². The molecule has 2 heterocycles. The summed E-state index contributed by atoms with van der Waals surface area (Å²) in [6, 6.07) is 12.7. The summed E-state index contributed by atoms with van der Waals surface area (Å²) in [5.41, 5.74) is -3.23. The van der Waals surface area contributed by atoms with Gasteiger partial charge >= 0.3 is 12.4 Å². The largest absolute Gasteiger partial charge is 0.490 e. The van der Waals surface area contributed by atoms with Crippen LogP contribution in [0, 0.1) is 42.2 Å². The lowest BCUT2D eigenvalue weighted by molar-refractivity contribution is -0.388. The predicted octanol–water partition coefficient (Wildman–Crippen LogP) is 11.4. The summed E-state index contributed by atoms with van der Waals surface area (Å²) in [5, 5.41) is 41.1. The number of halogens is 8. The molecule has 4 aromatic rings. The molecule has 0 aliphatic heterocycles. The summed E-state index contributed by atoms with van der Waals surface area (Å²) in [5.74, 6) is 1.18. The highest BCUT2D eigenvalue weighted by atomic mass is 79.9. The van der Waals surface area contributed by atoms with Crippen LogP contribution in [-0.2, 0) is 25.2 Å². The molecule has 1 N–H and O–H groups in total. The predicted molar refractivity (Wildman–Crippen MR) is 208 cm³/mol. The van der Waals surface area contributed by atoms with Gasteiger partial charge in [0, 0.05) is 42.7 Å². The van der Waals surface area contributed by atoms with E-state index in [1.54, 1.807) is 18.3 Å². The quantitative estimate of drug-likeness (QED) is 0.0732. The van der Waals surface area contributed by atoms with Crippen molar-refractivity contribution in [1.29, 1.82) is 0 Å². The standard InChI is InChI=1S/C19H18BrF3N2O3.C14H16F3NO3.C5H3BrN2O2/c20-18-11-15(7-8-24-18)28-14-4-1-12(2-5-14)9-13-3-6-17(25(26)27)16(10-13)19(21,22)23;15-14(16,17)12-8-10(3-6-13(12)18(20)21)7-9-1-4-11(19)5-2-9;6-5-3-4(8(9)10)1-2-7-5/h3,6-8,10-12,14H,1-2,4-5,9H2;3,6,8-9,11,19H,1-2,4-5,7H2;1-3H. The lowest BCUT2D eigenvalue weighted by atomic mass is 9.83. The summed E-state index contributed by atoms with van der Waals surface area (Å²) in [6.07, 6.45) is 0.327. The molecule has 2 aliphatic carbocycles. The van der Waals surface area contributed by atoms with E-state index in [0.29, 0.717) is 46.0 Å². The fourth-order valence-electron chi connectivity index (χ4n) is 6.82. The Morgan fingerprint density at radius 3 is 1.46 bits per heavy atom. The van der Waals surface area contributed by atoms with Crippen molar-refractivity contribution in [2.45, 2.75) is 88.8 Å². The maximum absolute atomic E-state index is 13.1. The van der Waals surface area contributed by atoms with Crippen molar-refractivity contribution in [3.63, 3.8) is 0 Å². The molecule has 2 aliphatic rings. The second kappa shape index (κ2) is 21.0. The molecule has 318 valence electrons. The van der Waals surface area contributed by atoms with E-state index in [1.807, 2.05) is 0 Å². The normalized spacial score (nSPS) is 19.3. The molecule has 2 saturated carbocycles. The molecule has 21 heteroatoms. The molecule has 0 bridgehead atoms. The van der Waals surface area contributed by atoms with Crippen molar-refractivity contribution in [2.75, 3.05) is 0 Å². The highest BCUT2D eigenvalue weighted by molar-refractivity contribution is 9.10. The number of nitro groups is 3. The van der Waals surface area contributed by atoms with Crippen LogP contribution < -0.4 is 4.74 Å². The van der Waals surface area contributed by atoms with Crippen molar-refractivity contribution < 1.29 is 51.0 Å². The Kier molecular flexibility index (Phi) is 16.7. The number of aliphatic hydroxyl groups is 1. The number of nitro benzene ring substituents is 2. The van der Waals surface area contributed by atoms with Gasteiger partial charge in [0.25, 0.3) is 17.1 Å². The van der Waals surface area contributed by atoms with Crippen molar-refractivity contribution in [3.8, 4) is 5.75 Å². The number of alkyl halides is 6. The van der Waals surface area contributed by atoms with Crippen LogP contribution in [0.2, 0.25) is 0 Å². The van der Waals surface area contributed by atoms with Crippen LogP contribution in [0.25, 0.3) is 0 Å². The third-order valence-corrected chi connectivity index (χ3v) is 10.6. The molecule has 2 fully saturated rings. The lowest BCUT2D eigenvalue weighted by Crippen LogP contribution is -2.25. The van der Waals surface area contributed by atoms with Gasteiger partial charge in [-0.3, -0.25) is 30.3 Å². The summed E-state index contributed by atoms with van der Waals surface area (Å²) >= 11 is 6.31. The van der Waals surface area contributed by atoms with Gasteiger partial charge in [0.2, 0.25) is 0 Å². The lowest BCUT2D eigenvalue weighted by Gasteiger charge is -2.29. The Labute approximate surface area is 349 Å². The van der Waals surface area contributed by atoms with E-state index in [2.05, 4.69) is 41.8 Å². The molecule has 0 radical (unpaired) electrons. The van der Waals surface area contributed by atoms with E-state index in [1.165, 1.54) is 30.5 Å². The summed E-state index contributed by atoms with van der Waals surface area (Å²) in [7, 11) is 0. The van der Waals surface area contributed by atoms with Gasteiger partial charge in [-0.2, -0.15) is 26.3 Å². The Morgan fingerprint density at radius 1 is 0.627 bits per heavy atom. The number of pyridine rings is 2. The number of benzene rings is 2. The Morgan fingerprint density at radius 2 is 1.07 bits per heavy atom. The number of aromatic nitrogens is 2. The average molecular weight is 966 g/mol. The van der Waals surface area contributed by atoms with Gasteiger partial charge in [-0.05, 0) is 137 Å². The zero-order valence-corrected chi connectivity index (χ0v) is 34.0. The second-order valence-electron chi connectivity index (χ2n) is 14.0. The van der Waals surface area contributed by atoms with Gasteiger partial charge < -0.3 is 9.84 Å². The molecule has 0 spiro atoms. The number of rotatable bonds is 9. The van der Waals surface area contributed by atoms with Gasteiger partial charge in [-0.15, -0.1) is 0 Å². The number of hydrogen-bond acceptors (Lipinski definition) is 10. The topological polar surface area (TPSA) is 185 Å². The van der Waals surface area contributed by atoms with Crippen LogP contribution in [0.1, 0.15) is 73.6 Å². The molecule has 13 nitrogen and oxygen atoms in total. The minimum absolute atomic E-state index is 0.0434. The maximum atomic E-state index is 13.1. The van der Waals surface area contributed by atoms with Crippen molar-refractivity contribution in [1.82, 2.24) is 9.97 Å². The van der Waals surface area contributed by atoms with Crippen LogP contribution in [-0.4, -0.2) is 42.1 Å². The molecule has 0 unspecified atom stereocenters. The van der Waals surface area contributed by atoms with E-state index in [0.717, 1.165) is 68.5 Å². The van der Waals surface area contributed by atoms with Crippen LogP contribution in [0.5, 0.6) is 5.75 Å². The minimum Gasteiger partial charge on any atom is -0.490 e. The molecule has 2 aromatic heterocycles. The molecular formula is C38H37Br2F6N5O8. The van der Waals surface area contributed by atoms with Crippen LogP contribution in [0.3, 0.4) is 0 Å². The fourth-order valence-corrected chi connectivity index (χ4v) is 7.52. The van der Waals surface area contributed by atoms with Gasteiger partial charge in [-0.1, -0.05) is 12.1 Å². The summed E-state index contributed by atoms with van der Waals surface area (Å²) in [4.78, 5) is 37.0. The number of nitrogens with zero attached hydrogens (tertiary/aromatic N) is 5. The van der Waals surface area contributed by atoms with Gasteiger partial charge in [0.1, 0.15) is 26.1 Å². The zero-order valence-electron chi connectivity index (χ0n) is 30.9. The molecule has 0 saturated heterocycles. The van der Waals surface area contributed by atoms with Crippen LogP contribution in [0.15, 0.2) is 82.3 Å². The van der Waals surface area contributed by atoms with E-state index in [9.17, 15) is 61.8 Å². The molecule has 2 aromatic carbocycles. The first-order valence-corrected chi connectivity index (χ1v) is 19.7. The Bertz CT molecular complexity index is 2080. The van der Waals surface area contributed by atoms with Gasteiger partial charge in [0.15, 0.2) is 0 Å². The zero-order chi connectivity index (χ0) is 43.5. The van der Waals surface area contributed by atoms with Gasteiger partial charge in [-0.25, -0.2) is 9.97 Å². The summed E-state index contributed by atoms with van der Waals surface area (Å²) in [6.45, 7) is 0. The van der Waals surface area contributed by atoms with Crippen LogP contribution >= 0.6 is 31.9 Å². The first-order chi connectivity index (χ1) is 27.7. The number of aliphatic hydroxyl groups excluding tert-OH is 1. The second-order valence-corrected chi connectivity index (χ2v) is 15.6. The van der Waals surface area contributed by atoms with Crippen molar-refractivity contribution in [3.05, 3.63) is 135 Å². The van der Waals surface area contributed by atoms with E-state index in [-0.39, 0.29) is 29.7 Å². The molecular weight excluding hydrogens is 928 g/mol. The maximum Gasteiger partial charge on any atom is 0.423 e. The summed E-state index contributed by atoms with van der Waals surface area (Å²) < 4.78 is 85.1. The molecule has 6 rings (SSSR count). The fraction of sp³-hybridized carbons (Fsp3) is 0.421. The minimum atomic E-state index is -4.75. The van der Waals surface area contributed by atoms with Crippen molar-refractivity contribution in [2.24, 2.45) is 11.8 Å². The Hall–Kier alpha value is -4.76. The van der Waals surface area contributed by atoms with Crippen LogP contribution in [0.4, 0.5) is 43.4 Å². The SMILES string of the molecule is O=[N+]([O-])c1ccc(CC2CCC(O)CC2)cc1C(F)(F)F.O=[N+]([O-])c1ccc(CC2CCC(Oc3ccnc(Br)c3)CC2)cc1C(F)(F)F.O=[N+]([O-])c1ccnc(Br)c1. The van der Waals surface area contributed by atoms with E-state index >= 15 is 0 Å². The molecule has 59 heavy (non-hydrogen) atoms. The number of hydrogen-bond donors (Lipinski definition) is 1. The molecule has 0 atom stereocenters. The van der Waals surface area contributed by atoms with Crippen molar-refractivity contribution >= 4 is 48.9 Å². The Balaban J connectivity index is 0.000000217. The average Bonchev–Trinajstić information content (AvgIpc) is 3.16. The smallest absolute Gasteiger partial charge is 0.423 e. The monoisotopic (exact) mass is 963 g/mol. The highest BCUT2D eigenvalue weighted by Gasteiger charge is 2.39. The van der Waals surface area contributed by atoms with E-state index in [4.69, 9.17) is 4.74 Å². The highest BCUT2D eigenvalue weighted by Crippen LogP contribution is 2.39. The molecule has 0 amide bonds. The first-order valence-electron chi connectivity index (χ1n) is 18.1. The number of ether oxygens (including phenoxy) is 1.